The molecule has 0 aromatic heterocycles. The smallest absolute Gasteiger partial charge is 0.310 e. The molecule has 1 saturated carbocycles. The molecule has 6 heteroatoms. The summed E-state index contributed by atoms with van der Waals surface area (Å²) >= 11 is 0. The Kier molecular flexibility index (Phi) is 9.17. The van der Waals surface area contributed by atoms with Crippen LogP contribution >= 0.6 is 0 Å². The molecule has 23 heavy (non-hydrogen) atoms. The first-order valence-electron chi connectivity index (χ1n) is 8.61. The summed E-state index contributed by atoms with van der Waals surface area (Å²) < 4.78 is 15.7. The fourth-order valence-electron chi connectivity index (χ4n) is 3.47. The molecule has 0 amide bonds. The van der Waals surface area contributed by atoms with E-state index in [0.29, 0.717) is 26.4 Å². The maximum absolute atomic E-state index is 12.4. The molecule has 4 atom stereocenters. The van der Waals surface area contributed by atoms with Crippen LogP contribution in [0.2, 0.25) is 0 Å². The summed E-state index contributed by atoms with van der Waals surface area (Å²) in [6, 6.07) is 0. The van der Waals surface area contributed by atoms with Crippen molar-refractivity contribution in [2.45, 2.75) is 40.0 Å². The number of aliphatic carboxylic acids is 1. The second-order valence-electron chi connectivity index (χ2n) is 5.94. The Morgan fingerprint density at radius 1 is 0.913 bits per heavy atom. The summed E-state index contributed by atoms with van der Waals surface area (Å²) in [5.74, 6) is -2.30. The van der Waals surface area contributed by atoms with E-state index >= 15 is 0 Å². The first-order valence-corrected chi connectivity index (χ1v) is 8.61. The number of ether oxygens (including phenoxy) is 3. The van der Waals surface area contributed by atoms with Gasteiger partial charge in [0.15, 0.2) is 0 Å². The highest BCUT2D eigenvalue weighted by Gasteiger charge is 2.49. The zero-order valence-corrected chi connectivity index (χ0v) is 14.5. The maximum Gasteiger partial charge on any atom is 0.310 e. The van der Waals surface area contributed by atoms with E-state index in [1.807, 2.05) is 20.8 Å². The Balaban J connectivity index is 2.46. The Morgan fingerprint density at radius 3 is 2.04 bits per heavy atom. The minimum Gasteiger partial charge on any atom is -0.481 e. The van der Waals surface area contributed by atoms with Crippen molar-refractivity contribution in [1.29, 1.82) is 0 Å². The van der Waals surface area contributed by atoms with E-state index in [2.05, 4.69) is 0 Å². The maximum atomic E-state index is 12.4. The Morgan fingerprint density at radius 2 is 1.48 bits per heavy atom. The van der Waals surface area contributed by atoms with E-state index in [0.717, 1.165) is 19.3 Å². The number of carboxylic acids is 1. The zero-order chi connectivity index (χ0) is 17.2. The molecule has 0 saturated heterocycles. The number of hydrogen-bond acceptors (Lipinski definition) is 5. The average Bonchev–Trinajstić information content (AvgIpc) is 2.92. The van der Waals surface area contributed by atoms with Crippen molar-refractivity contribution in [2.24, 2.45) is 23.7 Å². The molecular weight excluding hydrogens is 300 g/mol. The van der Waals surface area contributed by atoms with Gasteiger partial charge in [-0.1, -0.05) is 26.7 Å². The quantitative estimate of drug-likeness (QED) is 0.462. The van der Waals surface area contributed by atoms with Crippen LogP contribution in [0.1, 0.15) is 40.0 Å². The van der Waals surface area contributed by atoms with Gasteiger partial charge in [0.25, 0.3) is 0 Å². The van der Waals surface area contributed by atoms with Gasteiger partial charge in [0.2, 0.25) is 0 Å². The van der Waals surface area contributed by atoms with Gasteiger partial charge in [0.05, 0.1) is 31.7 Å². The van der Waals surface area contributed by atoms with Gasteiger partial charge in [-0.15, -0.1) is 0 Å². The monoisotopic (exact) mass is 330 g/mol. The normalized spacial score (nSPS) is 27.1. The number of esters is 1. The molecular formula is C17H30O6. The van der Waals surface area contributed by atoms with Gasteiger partial charge < -0.3 is 19.3 Å². The predicted octanol–water partition coefficient (Wildman–Crippen LogP) is 2.36. The van der Waals surface area contributed by atoms with Gasteiger partial charge >= 0.3 is 11.9 Å². The van der Waals surface area contributed by atoms with Gasteiger partial charge in [-0.2, -0.15) is 0 Å². The third-order valence-corrected chi connectivity index (χ3v) is 4.66. The highest BCUT2D eigenvalue weighted by Crippen LogP contribution is 2.45. The molecule has 0 aliphatic heterocycles. The van der Waals surface area contributed by atoms with Crippen molar-refractivity contribution < 1.29 is 28.9 Å². The van der Waals surface area contributed by atoms with Crippen LogP contribution in [-0.4, -0.2) is 50.1 Å². The lowest BCUT2D eigenvalue weighted by Gasteiger charge is -2.21. The van der Waals surface area contributed by atoms with Gasteiger partial charge in [0.1, 0.15) is 6.61 Å². The van der Waals surface area contributed by atoms with Gasteiger partial charge in [0, 0.05) is 6.61 Å². The van der Waals surface area contributed by atoms with Crippen LogP contribution in [0.5, 0.6) is 0 Å². The van der Waals surface area contributed by atoms with Crippen molar-refractivity contribution in [2.75, 3.05) is 33.0 Å². The molecule has 1 N–H and O–H groups in total. The summed E-state index contributed by atoms with van der Waals surface area (Å²) in [6.45, 7) is 7.97. The SMILES string of the molecule is CCOCCOCCOC(=O)C1C(CC)CC(CC)C1C(=O)O. The second kappa shape index (κ2) is 10.6. The van der Waals surface area contributed by atoms with E-state index in [-0.39, 0.29) is 18.4 Å². The summed E-state index contributed by atoms with van der Waals surface area (Å²) in [7, 11) is 0. The molecule has 0 spiro atoms. The highest BCUT2D eigenvalue weighted by atomic mass is 16.6. The molecule has 6 nitrogen and oxygen atoms in total. The molecule has 1 aliphatic rings. The number of rotatable bonds is 11. The minimum atomic E-state index is -0.886. The topological polar surface area (TPSA) is 82.1 Å². The molecule has 0 aromatic rings. The first-order chi connectivity index (χ1) is 11.1. The lowest BCUT2D eigenvalue weighted by Crippen LogP contribution is -2.33. The fourth-order valence-corrected chi connectivity index (χ4v) is 3.47. The number of carbonyl (C=O) groups excluding carboxylic acids is 1. The van der Waals surface area contributed by atoms with Gasteiger partial charge in [-0.3, -0.25) is 9.59 Å². The van der Waals surface area contributed by atoms with E-state index < -0.39 is 23.8 Å². The van der Waals surface area contributed by atoms with E-state index in [1.165, 1.54) is 0 Å². The van der Waals surface area contributed by atoms with Crippen molar-refractivity contribution >= 4 is 11.9 Å². The third-order valence-electron chi connectivity index (χ3n) is 4.66. The van der Waals surface area contributed by atoms with Crippen LogP contribution in [0, 0.1) is 23.7 Å². The molecule has 1 rings (SSSR count). The van der Waals surface area contributed by atoms with Crippen molar-refractivity contribution in [3.05, 3.63) is 0 Å². The summed E-state index contributed by atoms with van der Waals surface area (Å²) in [5, 5.41) is 9.49. The highest BCUT2D eigenvalue weighted by molar-refractivity contribution is 5.82. The molecule has 4 unspecified atom stereocenters. The Bertz CT molecular complexity index is 370. The van der Waals surface area contributed by atoms with Crippen LogP contribution in [0.25, 0.3) is 0 Å². The number of carboxylic acid groups (broad SMARTS) is 1. The van der Waals surface area contributed by atoms with Crippen LogP contribution in [-0.2, 0) is 23.8 Å². The lowest BCUT2D eigenvalue weighted by molar-refractivity contribution is -0.160. The van der Waals surface area contributed by atoms with Crippen LogP contribution < -0.4 is 0 Å². The number of carbonyl (C=O) groups is 2. The standard InChI is InChI=1S/C17H30O6/c1-4-12-11-13(5-2)15(14(12)16(18)19)17(20)23-10-9-22-8-7-21-6-3/h12-15H,4-11H2,1-3H3,(H,18,19). The summed E-state index contributed by atoms with van der Waals surface area (Å²) in [5.41, 5.74) is 0. The van der Waals surface area contributed by atoms with Crippen molar-refractivity contribution in [3.8, 4) is 0 Å². The molecule has 134 valence electrons. The lowest BCUT2D eigenvalue weighted by atomic mass is 9.85. The third kappa shape index (κ3) is 5.77. The predicted molar refractivity (Wildman–Crippen MR) is 85.1 cm³/mol. The minimum absolute atomic E-state index is 0.0532. The van der Waals surface area contributed by atoms with Crippen molar-refractivity contribution in [1.82, 2.24) is 0 Å². The zero-order valence-electron chi connectivity index (χ0n) is 14.5. The van der Waals surface area contributed by atoms with E-state index in [1.54, 1.807) is 0 Å². The van der Waals surface area contributed by atoms with Gasteiger partial charge in [-0.25, -0.2) is 0 Å². The second-order valence-corrected chi connectivity index (χ2v) is 5.94. The van der Waals surface area contributed by atoms with Crippen LogP contribution in [0.4, 0.5) is 0 Å². The average molecular weight is 330 g/mol. The number of hydrogen-bond donors (Lipinski definition) is 1. The van der Waals surface area contributed by atoms with Crippen molar-refractivity contribution in [3.63, 3.8) is 0 Å². The molecule has 1 fully saturated rings. The van der Waals surface area contributed by atoms with E-state index in [9.17, 15) is 14.7 Å². The molecule has 0 radical (unpaired) electrons. The summed E-state index contributed by atoms with van der Waals surface area (Å²) in [6.07, 6.45) is 2.36. The van der Waals surface area contributed by atoms with E-state index in [4.69, 9.17) is 14.2 Å². The molecule has 0 heterocycles. The molecule has 0 bridgehead atoms. The first kappa shape index (κ1) is 19.9. The Labute approximate surface area is 138 Å². The largest absolute Gasteiger partial charge is 0.481 e. The molecule has 0 aromatic carbocycles. The Hall–Kier alpha value is -1.14. The summed E-state index contributed by atoms with van der Waals surface area (Å²) in [4.78, 5) is 23.9. The van der Waals surface area contributed by atoms with Crippen LogP contribution in [0.15, 0.2) is 0 Å². The fraction of sp³-hybridized carbons (Fsp3) is 0.882. The molecule has 1 aliphatic carbocycles. The van der Waals surface area contributed by atoms with Crippen LogP contribution in [0.3, 0.4) is 0 Å². The van der Waals surface area contributed by atoms with Gasteiger partial charge in [-0.05, 0) is 25.2 Å².